The lowest BCUT2D eigenvalue weighted by Crippen LogP contribution is -1.98. The van der Waals surface area contributed by atoms with E-state index in [-0.39, 0.29) is 5.75 Å². The molecule has 1 aromatic carbocycles. The predicted molar refractivity (Wildman–Crippen MR) is 56.3 cm³/mol. The zero-order valence-corrected chi connectivity index (χ0v) is 8.12. The number of phenolic OH excluding ortho intramolecular Hbond substituents is 1. The molecule has 0 aliphatic carbocycles. The van der Waals surface area contributed by atoms with Gasteiger partial charge >= 0.3 is 0 Å². The van der Waals surface area contributed by atoms with Crippen molar-refractivity contribution in [1.29, 1.82) is 0 Å². The van der Waals surface area contributed by atoms with E-state index in [1.54, 1.807) is 18.2 Å². The van der Waals surface area contributed by atoms with Crippen molar-refractivity contribution in [2.24, 2.45) is 5.73 Å². The molecule has 1 heterocycles. The molecule has 0 atom stereocenters. The number of benzene rings is 1. The third kappa shape index (κ3) is 1.41. The number of hydrogen-bond acceptors (Lipinski definition) is 3. The Morgan fingerprint density at radius 2 is 2.21 bits per heavy atom. The van der Waals surface area contributed by atoms with Crippen LogP contribution >= 0.6 is 11.6 Å². The van der Waals surface area contributed by atoms with Crippen molar-refractivity contribution < 1.29 is 5.11 Å². The zero-order valence-electron chi connectivity index (χ0n) is 7.37. The monoisotopic (exact) mass is 208 g/mol. The number of nitrogens with zero attached hydrogens (tertiary/aromatic N) is 1. The summed E-state index contributed by atoms with van der Waals surface area (Å²) in [6.07, 6.45) is 0. The summed E-state index contributed by atoms with van der Waals surface area (Å²) in [5, 5.41) is 10.7. The number of pyridine rings is 1. The average molecular weight is 209 g/mol. The van der Waals surface area contributed by atoms with E-state index in [4.69, 9.17) is 17.3 Å². The van der Waals surface area contributed by atoms with Crippen molar-refractivity contribution in [3.05, 3.63) is 35.0 Å². The highest BCUT2D eigenvalue weighted by Gasteiger charge is 2.06. The fraction of sp³-hybridized carbons (Fsp3) is 0.100. The van der Waals surface area contributed by atoms with E-state index in [1.807, 2.05) is 6.07 Å². The molecule has 2 rings (SSSR count). The Morgan fingerprint density at radius 3 is 2.93 bits per heavy atom. The third-order valence-corrected chi connectivity index (χ3v) is 2.29. The number of aromatic hydroxyl groups is 1. The Hall–Kier alpha value is -1.32. The van der Waals surface area contributed by atoms with Gasteiger partial charge in [-0.1, -0.05) is 23.7 Å². The van der Waals surface area contributed by atoms with Gasteiger partial charge in [-0.05, 0) is 17.7 Å². The largest absolute Gasteiger partial charge is 0.506 e. The van der Waals surface area contributed by atoms with E-state index in [0.29, 0.717) is 17.2 Å². The molecular formula is C10H9ClN2O. The fourth-order valence-electron chi connectivity index (χ4n) is 1.44. The van der Waals surface area contributed by atoms with Crippen LogP contribution in [0, 0.1) is 0 Å². The van der Waals surface area contributed by atoms with Crippen LogP contribution < -0.4 is 5.73 Å². The van der Waals surface area contributed by atoms with E-state index < -0.39 is 0 Å². The van der Waals surface area contributed by atoms with Gasteiger partial charge in [0.15, 0.2) is 0 Å². The fourth-order valence-corrected chi connectivity index (χ4v) is 1.65. The maximum Gasteiger partial charge on any atom is 0.141 e. The van der Waals surface area contributed by atoms with Crippen molar-refractivity contribution in [2.75, 3.05) is 0 Å². The van der Waals surface area contributed by atoms with Gasteiger partial charge in [0.25, 0.3) is 0 Å². The van der Waals surface area contributed by atoms with Crippen LogP contribution in [0.1, 0.15) is 5.56 Å². The molecule has 3 nitrogen and oxygen atoms in total. The van der Waals surface area contributed by atoms with Crippen molar-refractivity contribution in [1.82, 2.24) is 4.98 Å². The van der Waals surface area contributed by atoms with Crippen molar-refractivity contribution >= 4 is 22.5 Å². The number of phenols is 1. The van der Waals surface area contributed by atoms with Crippen LogP contribution in [0.4, 0.5) is 0 Å². The van der Waals surface area contributed by atoms with Crippen LogP contribution in [-0.2, 0) is 6.54 Å². The van der Waals surface area contributed by atoms with Crippen LogP contribution in [-0.4, -0.2) is 10.1 Å². The van der Waals surface area contributed by atoms with Gasteiger partial charge in [0, 0.05) is 11.9 Å². The summed E-state index contributed by atoms with van der Waals surface area (Å²) in [7, 11) is 0. The highest BCUT2D eigenvalue weighted by Crippen LogP contribution is 2.27. The molecule has 1 aromatic heterocycles. The standard InChI is InChI=1S/C10H9ClN2O/c11-9-4-6(5-12)7-2-1-3-8(14)10(7)13-9/h1-4,14H,5,12H2. The Kier molecular flexibility index (Phi) is 2.27. The van der Waals surface area contributed by atoms with Crippen molar-refractivity contribution in [3.63, 3.8) is 0 Å². The third-order valence-electron chi connectivity index (χ3n) is 2.09. The van der Waals surface area contributed by atoms with Gasteiger partial charge in [-0.2, -0.15) is 0 Å². The number of hydrogen-bond donors (Lipinski definition) is 2. The molecule has 72 valence electrons. The zero-order chi connectivity index (χ0) is 10.1. The van der Waals surface area contributed by atoms with Gasteiger partial charge in [0.2, 0.25) is 0 Å². The van der Waals surface area contributed by atoms with Gasteiger partial charge in [-0.3, -0.25) is 0 Å². The van der Waals surface area contributed by atoms with E-state index in [0.717, 1.165) is 10.9 Å². The van der Waals surface area contributed by atoms with Gasteiger partial charge in [0.1, 0.15) is 16.4 Å². The Labute approximate surface area is 86.1 Å². The minimum Gasteiger partial charge on any atom is -0.506 e. The minimum atomic E-state index is 0.125. The number of nitrogens with two attached hydrogens (primary N) is 1. The second-order valence-corrected chi connectivity index (χ2v) is 3.37. The van der Waals surface area contributed by atoms with Crippen LogP contribution in [0.15, 0.2) is 24.3 Å². The predicted octanol–water partition coefficient (Wildman–Crippen LogP) is 2.05. The SMILES string of the molecule is NCc1cc(Cl)nc2c(O)cccc12. The number of fused-ring (bicyclic) bond motifs is 1. The number of para-hydroxylation sites is 1. The van der Waals surface area contributed by atoms with E-state index in [9.17, 15) is 5.11 Å². The van der Waals surface area contributed by atoms with E-state index >= 15 is 0 Å². The molecule has 0 bridgehead atoms. The molecule has 2 aromatic rings. The van der Waals surface area contributed by atoms with Crippen LogP contribution in [0.25, 0.3) is 10.9 Å². The molecule has 4 heteroatoms. The van der Waals surface area contributed by atoms with Gasteiger partial charge in [0.05, 0.1) is 0 Å². The maximum absolute atomic E-state index is 9.55. The summed E-state index contributed by atoms with van der Waals surface area (Å²) in [6, 6.07) is 6.91. The average Bonchev–Trinajstić information content (AvgIpc) is 2.18. The first kappa shape index (κ1) is 9.24. The first-order valence-electron chi connectivity index (χ1n) is 4.19. The van der Waals surface area contributed by atoms with Crippen LogP contribution in [0.5, 0.6) is 5.75 Å². The molecule has 0 saturated heterocycles. The molecule has 0 spiro atoms. The summed E-state index contributed by atoms with van der Waals surface area (Å²) in [5.74, 6) is 0.125. The van der Waals surface area contributed by atoms with Crippen LogP contribution in [0.2, 0.25) is 5.15 Å². The minimum absolute atomic E-state index is 0.125. The molecule has 0 amide bonds. The summed E-state index contributed by atoms with van der Waals surface area (Å²) in [4.78, 5) is 4.04. The second kappa shape index (κ2) is 3.44. The van der Waals surface area contributed by atoms with Gasteiger partial charge < -0.3 is 10.8 Å². The molecule has 0 saturated carbocycles. The highest BCUT2D eigenvalue weighted by atomic mass is 35.5. The second-order valence-electron chi connectivity index (χ2n) is 2.98. The van der Waals surface area contributed by atoms with Crippen molar-refractivity contribution in [2.45, 2.75) is 6.54 Å². The number of halogens is 1. The maximum atomic E-state index is 9.55. The lowest BCUT2D eigenvalue weighted by atomic mass is 10.1. The smallest absolute Gasteiger partial charge is 0.141 e. The molecule has 0 aliphatic rings. The van der Waals surface area contributed by atoms with Gasteiger partial charge in [-0.15, -0.1) is 0 Å². The lowest BCUT2D eigenvalue weighted by molar-refractivity contribution is 0.480. The summed E-state index contributed by atoms with van der Waals surface area (Å²) >= 11 is 5.80. The number of aromatic nitrogens is 1. The summed E-state index contributed by atoms with van der Waals surface area (Å²) in [6.45, 7) is 0.377. The molecular weight excluding hydrogens is 200 g/mol. The molecule has 0 aliphatic heterocycles. The Balaban J connectivity index is 2.87. The van der Waals surface area contributed by atoms with Crippen molar-refractivity contribution in [3.8, 4) is 5.75 Å². The molecule has 0 unspecified atom stereocenters. The number of rotatable bonds is 1. The molecule has 0 fully saturated rings. The molecule has 3 N–H and O–H groups in total. The Bertz CT molecular complexity index is 485. The lowest BCUT2D eigenvalue weighted by Gasteiger charge is -2.05. The Morgan fingerprint density at radius 1 is 1.43 bits per heavy atom. The summed E-state index contributed by atoms with van der Waals surface area (Å²) in [5.41, 5.74) is 6.95. The summed E-state index contributed by atoms with van der Waals surface area (Å²) < 4.78 is 0. The molecule has 0 radical (unpaired) electrons. The first-order valence-corrected chi connectivity index (χ1v) is 4.57. The molecule has 14 heavy (non-hydrogen) atoms. The van der Waals surface area contributed by atoms with Gasteiger partial charge in [-0.25, -0.2) is 4.98 Å². The topological polar surface area (TPSA) is 59.1 Å². The van der Waals surface area contributed by atoms with E-state index in [1.165, 1.54) is 0 Å². The highest BCUT2D eigenvalue weighted by molar-refractivity contribution is 6.30. The normalized spacial score (nSPS) is 10.7. The first-order chi connectivity index (χ1) is 6.72. The quantitative estimate of drug-likeness (QED) is 0.706. The van der Waals surface area contributed by atoms with E-state index in [2.05, 4.69) is 4.98 Å². The van der Waals surface area contributed by atoms with Crippen LogP contribution in [0.3, 0.4) is 0 Å².